The number of nitriles is 1. The number of hydrogen-bond donors (Lipinski definition) is 1. The minimum Gasteiger partial charge on any atom is -0.494 e. The van der Waals surface area contributed by atoms with Crippen molar-refractivity contribution in [1.82, 2.24) is 0 Å². The molecule has 4 rings (SSSR count). The Hall–Kier alpha value is -3.24. The van der Waals surface area contributed by atoms with Crippen molar-refractivity contribution in [2.75, 3.05) is 11.5 Å². The number of fused-ring (bicyclic) bond motifs is 1. The number of rotatable bonds is 4. The molecule has 2 aromatic carbocycles. The number of amides is 2. The van der Waals surface area contributed by atoms with Crippen molar-refractivity contribution in [1.29, 1.82) is 5.26 Å². The van der Waals surface area contributed by atoms with Crippen LogP contribution in [0, 0.1) is 24.2 Å². The predicted molar refractivity (Wildman–Crippen MR) is 116 cm³/mol. The standard InChI is InChI=1S/C23H21N3O3S/c1-3-29-16-10-6-14(7-11-16)18-17(12-24)21(25)30-20-19(18)22(27)26(23(20)28)15-8-4-13(2)5-9-15/h4-11,18-20H,3,25H2,1-2H3/t18-,19-,20+/m1/s1. The Morgan fingerprint density at radius 3 is 2.37 bits per heavy atom. The Morgan fingerprint density at radius 2 is 1.77 bits per heavy atom. The highest BCUT2D eigenvalue weighted by Gasteiger charge is 2.56. The van der Waals surface area contributed by atoms with E-state index in [9.17, 15) is 14.9 Å². The van der Waals surface area contributed by atoms with Crippen LogP contribution >= 0.6 is 11.8 Å². The fourth-order valence-corrected chi connectivity index (χ4v) is 5.23. The molecule has 30 heavy (non-hydrogen) atoms. The van der Waals surface area contributed by atoms with Crippen molar-refractivity contribution in [3.05, 3.63) is 70.3 Å². The summed E-state index contributed by atoms with van der Waals surface area (Å²) in [6.45, 7) is 4.38. The molecule has 0 radical (unpaired) electrons. The van der Waals surface area contributed by atoms with Crippen LogP contribution in [0.15, 0.2) is 59.1 Å². The maximum atomic E-state index is 13.5. The number of anilines is 1. The second-order valence-corrected chi connectivity index (χ2v) is 8.46. The Kier molecular flexibility index (Phi) is 5.27. The van der Waals surface area contributed by atoms with E-state index in [4.69, 9.17) is 10.5 Å². The van der Waals surface area contributed by atoms with E-state index in [-0.39, 0.29) is 11.8 Å². The average molecular weight is 420 g/mol. The number of nitrogens with two attached hydrogens (primary N) is 1. The van der Waals surface area contributed by atoms with E-state index in [0.29, 0.717) is 28.6 Å². The molecular weight excluding hydrogens is 398 g/mol. The molecule has 152 valence electrons. The van der Waals surface area contributed by atoms with E-state index < -0.39 is 17.1 Å². The molecule has 2 heterocycles. The molecule has 2 aromatic rings. The van der Waals surface area contributed by atoms with Gasteiger partial charge in [-0.05, 0) is 43.7 Å². The van der Waals surface area contributed by atoms with Crippen molar-refractivity contribution < 1.29 is 14.3 Å². The molecule has 0 aromatic heterocycles. The quantitative estimate of drug-likeness (QED) is 0.762. The number of aryl methyl sites for hydroxylation is 1. The van der Waals surface area contributed by atoms with Crippen LogP contribution in [0.1, 0.15) is 24.0 Å². The molecule has 2 aliphatic rings. The molecule has 6 nitrogen and oxygen atoms in total. The van der Waals surface area contributed by atoms with Gasteiger partial charge in [0.2, 0.25) is 11.8 Å². The lowest BCUT2D eigenvalue weighted by molar-refractivity contribution is -0.122. The Labute approximate surface area is 179 Å². The molecule has 2 N–H and O–H groups in total. The van der Waals surface area contributed by atoms with E-state index in [1.165, 1.54) is 4.90 Å². The minimum atomic E-state index is -0.691. The first-order valence-electron chi connectivity index (χ1n) is 9.70. The van der Waals surface area contributed by atoms with E-state index >= 15 is 0 Å². The van der Waals surface area contributed by atoms with Gasteiger partial charge in [-0.1, -0.05) is 41.6 Å². The van der Waals surface area contributed by atoms with Crippen LogP contribution < -0.4 is 15.4 Å². The third-order valence-electron chi connectivity index (χ3n) is 5.45. The lowest BCUT2D eigenvalue weighted by Crippen LogP contribution is -2.33. The highest BCUT2D eigenvalue weighted by molar-refractivity contribution is 8.04. The van der Waals surface area contributed by atoms with Crippen LogP contribution in [0.4, 0.5) is 5.69 Å². The molecule has 2 aliphatic heterocycles. The molecule has 0 aliphatic carbocycles. The van der Waals surface area contributed by atoms with Gasteiger partial charge in [0.1, 0.15) is 11.0 Å². The van der Waals surface area contributed by atoms with Crippen molar-refractivity contribution in [3.8, 4) is 11.8 Å². The summed E-state index contributed by atoms with van der Waals surface area (Å²) in [4.78, 5) is 27.9. The van der Waals surface area contributed by atoms with Gasteiger partial charge in [0.15, 0.2) is 0 Å². The van der Waals surface area contributed by atoms with E-state index in [1.54, 1.807) is 24.3 Å². The second kappa shape index (κ2) is 7.88. The zero-order chi connectivity index (χ0) is 21.4. The van der Waals surface area contributed by atoms with Crippen molar-refractivity contribution >= 4 is 29.3 Å². The van der Waals surface area contributed by atoms with Crippen molar-refractivity contribution in [2.45, 2.75) is 25.0 Å². The molecule has 0 unspecified atom stereocenters. The average Bonchev–Trinajstić information content (AvgIpc) is 2.98. The summed E-state index contributed by atoms with van der Waals surface area (Å²) in [5, 5.41) is 9.42. The number of benzene rings is 2. The van der Waals surface area contributed by atoms with E-state index in [1.807, 2.05) is 38.1 Å². The SMILES string of the molecule is CCOc1ccc([C@@H]2C(C#N)=C(N)S[C@@H]3C(=O)N(c4ccc(C)cc4)C(=O)[C@@H]32)cc1. The van der Waals surface area contributed by atoms with E-state index in [0.717, 1.165) is 22.9 Å². The van der Waals surface area contributed by atoms with Gasteiger partial charge in [-0.2, -0.15) is 5.26 Å². The largest absolute Gasteiger partial charge is 0.494 e. The number of nitrogens with zero attached hydrogens (tertiary/aromatic N) is 2. The van der Waals surface area contributed by atoms with Gasteiger partial charge in [-0.15, -0.1) is 0 Å². The fraction of sp³-hybridized carbons (Fsp3) is 0.261. The monoisotopic (exact) mass is 419 g/mol. The number of imide groups is 1. The molecule has 3 atom stereocenters. The second-order valence-electron chi connectivity index (χ2n) is 7.28. The zero-order valence-electron chi connectivity index (χ0n) is 16.7. The summed E-state index contributed by atoms with van der Waals surface area (Å²) in [5.74, 6) is -1.17. The number of carbonyl (C=O) groups excluding carboxylic acids is 2. The Balaban J connectivity index is 1.77. The first kappa shape index (κ1) is 20.0. The van der Waals surface area contributed by atoms with Crippen molar-refractivity contribution in [2.24, 2.45) is 11.7 Å². The molecule has 7 heteroatoms. The van der Waals surface area contributed by atoms with Gasteiger partial charge in [-0.25, -0.2) is 4.90 Å². The zero-order valence-corrected chi connectivity index (χ0v) is 17.5. The topological polar surface area (TPSA) is 96.4 Å². The van der Waals surface area contributed by atoms with Gasteiger partial charge in [0, 0.05) is 5.92 Å². The van der Waals surface area contributed by atoms with Gasteiger partial charge in [0.05, 0.1) is 34.9 Å². The summed E-state index contributed by atoms with van der Waals surface area (Å²) in [5.41, 5.74) is 8.84. The maximum Gasteiger partial charge on any atom is 0.248 e. The van der Waals surface area contributed by atoms with Gasteiger partial charge >= 0.3 is 0 Å². The molecule has 1 fully saturated rings. The molecule has 2 amide bonds. The van der Waals surface area contributed by atoms with Gasteiger partial charge in [-0.3, -0.25) is 9.59 Å². The molecule has 1 saturated heterocycles. The Bertz CT molecular complexity index is 1070. The molecular formula is C23H21N3O3S. The minimum absolute atomic E-state index is 0.296. The molecule has 0 bridgehead atoms. The highest BCUT2D eigenvalue weighted by atomic mass is 32.2. The summed E-state index contributed by atoms with van der Waals surface area (Å²) in [7, 11) is 0. The number of carbonyl (C=O) groups is 2. The summed E-state index contributed by atoms with van der Waals surface area (Å²) < 4.78 is 5.50. The highest BCUT2D eigenvalue weighted by Crippen LogP contribution is 2.50. The molecule has 0 spiro atoms. The summed E-state index contributed by atoms with van der Waals surface area (Å²) >= 11 is 1.11. The summed E-state index contributed by atoms with van der Waals surface area (Å²) in [6.07, 6.45) is 0. The fourth-order valence-electron chi connectivity index (χ4n) is 4.03. The first-order chi connectivity index (χ1) is 14.5. The van der Waals surface area contributed by atoms with Crippen LogP contribution in [-0.2, 0) is 9.59 Å². The molecule has 0 saturated carbocycles. The van der Waals surface area contributed by atoms with Crippen LogP contribution in [0.2, 0.25) is 0 Å². The van der Waals surface area contributed by atoms with Crippen LogP contribution in [0.5, 0.6) is 5.75 Å². The predicted octanol–water partition coefficient (Wildman–Crippen LogP) is 3.48. The normalized spacial score (nSPS) is 23.4. The van der Waals surface area contributed by atoms with Crippen LogP contribution in [-0.4, -0.2) is 23.7 Å². The third kappa shape index (κ3) is 3.23. The van der Waals surface area contributed by atoms with Crippen LogP contribution in [0.3, 0.4) is 0 Å². The number of allylic oxidation sites excluding steroid dienone is 1. The lowest BCUT2D eigenvalue weighted by Gasteiger charge is -2.30. The van der Waals surface area contributed by atoms with Crippen LogP contribution in [0.25, 0.3) is 0 Å². The number of thioether (sulfide) groups is 1. The maximum absolute atomic E-state index is 13.5. The number of hydrogen-bond acceptors (Lipinski definition) is 6. The third-order valence-corrected chi connectivity index (χ3v) is 6.67. The lowest BCUT2D eigenvalue weighted by atomic mass is 9.79. The van der Waals surface area contributed by atoms with E-state index in [2.05, 4.69) is 6.07 Å². The van der Waals surface area contributed by atoms with Gasteiger partial charge in [0.25, 0.3) is 0 Å². The van der Waals surface area contributed by atoms with Gasteiger partial charge < -0.3 is 10.5 Å². The van der Waals surface area contributed by atoms with Crippen molar-refractivity contribution in [3.63, 3.8) is 0 Å². The smallest absolute Gasteiger partial charge is 0.248 e. The first-order valence-corrected chi connectivity index (χ1v) is 10.6. The summed E-state index contributed by atoms with van der Waals surface area (Å²) in [6, 6.07) is 16.7. The number of ether oxygens (including phenoxy) is 1. The Morgan fingerprint density at radius 1 is 1.10 bits per heavy atom.